The van der Waals surface area contributed by atoms with Crippen LogP contribution in [0, 0.1) is 0 Å². The quantitative estimate of drug-likeness (QED) is 0.778. The van der Waals surface area contributed by atoms with Gasteiger partial charge in [0, 0.05) is 24.3 Å². The Hall–Kier alpha value is -0.420. The predicted molar refractivity (Wildman–Crippen MR) is 89.2 cm³/mol. The zero-order valence-corrected chi connectivity index (χ0v) is 14.7. The predicted octanol–water partition coefficient (Wildman–Crippen LogP) is 4.94. The van der Waals surface area contributed by atoms with Crippen molar-refractivity contribution in [3.8, 4) is 0 Å². The number of hydrogen-bond donors (Lipinski definition) is 0. The zero-order chi connectivity index (χ0) is 15.3. The van der Waals surface area contributed by atoms with Crippen LogP contribution in [0.1, 0.15) is 26.5 Å². The summed E-state index contributed by atoms with van der Waals surface area (Å²) >= 11 is 13.7. The highest BCUT2D eigenvalue weighted by Crippen LogP contribution is 2.21. The summed E-state index contributed by atoms with van der Waals surface area (Å²) in [5.41, 5.74) is 1.53. The molecule has 2 aromatic rings. The Kier molecular flexibility index (Phi) is 6.65. The molecule has 0 fully saturated rings. The normalized spacial score (nSPS) is 11.3. The summed E-state index contributed by atoms with van der Waals surface area (Å²) in [6, 6.07) is 1.67. The van der Waals surface area contributed by atoms with Crippen LogP contribution in [0.2, 0.25) is 10.0 Å². The lowest BCUT2D eigenvalue weighted by Crippen LogP contribution is -2.04. The van der Waals surface area contributed by atoms with E-state index in [1.54, 1.807) is 23.8 Å². The summed E-state index contributed by atoms with van der Waals surface area (Å²) in [6.07, 6.45) is 5.73. The number of imidazole rings is 1. The number of ether oxygens (including phenoxy) is 1. The van der Waals surface area contributed by atoms with Gasteiger partial charge in [-0.05, 0) is 12.3 Å². The number of thioether (sulfide) groups is 1. The van der Waals surface area contributed by atoms with E-state index >= 15 is 0 Å². The number of methoxy groups -OCH3 is 1. The van der Waals surface area contributed by atoms with Crippen LogP contribution in [0.25, 0.3) is 5.65 Å². The van der Waals surface area contributed by atoms with Crippen molar-refractivity contribution < 1.29 is 4.74 Å². The minimum atomic E-state index is 0.458. The van der Waals surface area contributed by atoms with Crippen LogP contribution in [0.3, 0.4) is 0 Å². The van der Waals surface area contributed by atoms with Crippen molar-refractivity contribution in [3.63, 3.8) is 0 Å². The second-order valence-corrected chi connectivity index (χ2v) is 7.70. The van der Waals surface area contributed by atoms with E-state index in [1.165, 1.54) is 0 Å². The van der Waals surface area contributed by atoms with E-state index < -0.39 is 0 Å². The summed E-state index contributed by atoms with van der Waals surface area (Å²) < 4.78 is 7.22. The third-order valence-corrected chi connectivity index (χ3v) is 4.14. The second-order valence-electron chi connectivity index (χ2n) is 5.22. The van der Waals surface area contributed by atoms with Gasteiger partial charge < -0.3 is 9.14 Å². The highest BCUT2D eigenvalue weighted by molar-refractivity contribution is 7.99. The molecule has 0 bridgehead atoms. The number of halogens is 2. The van der Waals surface area contributed by atoms with Crippen LogP contribution in [0.4, 0.5) is 0 Å². The maximum Gasteiger partial charge on any atom is 0.156 e. The van der Waals surface area contributed by atoms with Crippen LogP contribution in [-0.4, -0.2) is 27.5 Å². The van der Waals surface area contributed by atoms with Gasteiger partial charge in [0.25, 0.3) is 0 Å². The van der Waals surface area contributed by atoms with Gasteiger partial charge in [-0.25, -0.2) is 4.98 Å². The number of nitrogens with zero attached hydrogens (tertiary/aromatic N) is 2. The molecule has 0 atom stereocenters. The van der Waals surface area contributed by atoms with E-state index in [0.29, 0.717) is 27.0 Å². The molecule has 0 spiro atoms. The fraction of sp³-hybridized carbons (Fsp3) is 0.500. The average Bonchev–Trinajstić information content (AvgIpc) is 2.72. The van der Waals surface area contributed by atoms with Crippen molar-refractivity contribution in [1.29, 1.82) is 0 Å². The first-order chi connectivity index (χ1) is 9.26. The molecule has 2 rings (SSSR count). The number of rotatable bonds is 2. The van der Waals surface area contributed by atoms with Gasteiger partial charge in [-0.3, -0.25) is 0 Å². The van der Waals surface area contributed by atoms with E-state index in [-0.39, 0.29) is 0 Å². The molecule has 0 N–H and O–H groups in total. The Balaban J connectivity index is 0.000000286. The van der Waals surface area contributed by atoms with Crippen molar-refractivity contribution in [2.75, 3.05) is 13.4 Å². The summed E-state index contributed by atoms with van der Waals surface area (Å²) in [7, 11) is 1.62. The van der Waals surface area contributed by atoms with Gasteiger partial charge in [0.05, 0.1) is 22.3 Å². The molecule has 0 radical (unpaired) electrons. The molecule has 0 unspecified atom stereocenters. The third-order valence-electron chi connectivity index (χ3n) is 2.43. The van der Waals surface area contributed by atoms with Crippen molar-refractivity contribution in [2.24, 2.45) is 0 Å². The van der Waals surface area contributed by atoms with Crippen molar-refractivity contribution >= 4 is 40.6 Å². The summed E-state index contributed by atoms with van der Waals surface area (Å²) in [4.78, 5) is 4.29. The zero-order valence-electron chi connectivity index (χ0n) is 12.4. The van der Waals surface area contributed by atoms with Crippen molar-refractivity contribution in [2.45, 2.75) is 32.1 Å². The van der Waals surface area contributed by atoms with E-state index in [4.69, 9.17) is 27.9 Å². The highest BCUT2D eigenvalue weighted by Gasteiger charge is 2.06. The van der Waals surface area contributed by atoms with E-state index in [2.05, 4.69) is 32.0 Å². The minimum Gasteiger partial charge on any atom is -0.378 e. The molecule has 2 aromatic heterocycles. The standard InChI is InChI=1S/C9H8Cl2N2O.C5H12S/c1-14-5-7-4-13-3-6(10)2-8(11)9(13)12-7;1-5(2,3)6-4/h2-4H,5H2,1H3;1-4H3. The molecule has 0 amide bonds. The lowest BCUT2D eigenvalue weighted by Gasteiger charge is -2.12. The number of pyridine rings is 1. The van der Waals surface area contributed by atoms with Gasteiger partial charge in [-0.2, -0.15) is 11.8 Å². The third kappa shape index (κ3) is 5.52. The van der Waals surface area contributed by atoms with Crippen LogP contribution in [0.5, 0.6) is 0 Å². The Morgan fingerprint density at radius 2 is 1.90 bits per heavy atom. The largest absolute Gasteiger partial charge is 0.378 e. The molecule has 0 saturated heterocycles. The Labute approximate surface area is 134 Å². The van der Waals surface area contributed by atoms with Gasteiger partial charge in [0.2, 0.25) is 0 Å². The van der Waals surface area contributed by atoms with Gasteiger partial charge in [-0.1, -0.05) is 44.0 Å². The fourth-order valence-corrected chi connectivity index (χ4v) is 1.82. The summed E-state index contributed by atoms with van der Waals surface area (Å²) in [6.45, 7) is 7.09. The van der Waals surface area contributed by atoms with Crippen molar-refractivity contribution in [1.82, 2.24) is 9.38 Å². The molecular weight excluding hydrogens is 315 g/mol. The lowest BCUT2D eigenvalue weighted by molar-refractivity contribution is 0.182. The maximum absolute atomic E-state index is 5.97. The topological polar surface area (TPSA) is 26.5 Å². The first-order valence-electron chi connectivity index (χ1n) is 6.13. The van der Waals surface area contributed by atoms with Gasteiger partial charge in [-0.15, -0.1) is 0 Å². The van der Waals surface area contributed by atoms with E-state index in [1.807, 2.05) is 18.0 Å². The monoisotopic (exact) mass is 334 g/mol. The van der Waals surface area contributed by atoms with Crippen LogP contribution >= 0.6 is 35.0 Å². The highest BCUT2D eigenvalue weighted by atomic mass is 35.5. The molecular formula is C14H20Cl2N2OS. The van der Waals surface area contributed by atoms with E-state index in [0.717, 1.165) is 5.69 Å². The number of hydrogen-bond acceptors (Lipinski definition) is 3. The fourth-order valence-electron chi connectivity index (χ4n) is 1.29. The Bertz CT molecular complexity index is 564. The van der Waals surface area contributed by atoms with E-state index in [9.17, 15) is 0 Å². The molecule has 20 heavy (non-hydrogen) atoms. The van der Waals surface area contributed by atoms with Gasteiger partial charge >= 0.3 is 0 Å². The number of fused-ring (bicyclic) bond motifs is 1. The second kappa shape index (κ2) is 7.55. The summed E-state index contributed by atoms with van der Waals surface area (Å²) in [5.74, 6) is 0. The first-order valence-corrected chi connectivity index (χ1v) is 8.11. The maximum atomic E-state index is 5.97. The van der Waals surface area contributed by atoms with Crippen molar-refractivity contribution in [3.05, 3.63) is 34.2 Å². The number of aromatic nitrogens is 2. The Morgan fingerprint density at radius 3 is 2.40 bits per heavy atom. The van der Waals surface area contributed by atoms with Gasteiger partial charge in [0.15, 0.2) is 5.65 Å². The van der Waals surface area contributed by atoms with Crippen LogP contribution in [-0.2, 0) is 11.3 Å². The summed E-state index contributed by atoms with van der Waals surface area (Å²) in [5, 5.41) is 1.13. The smallest absolute Gasteiger partial charge is 0.156 e. The molecule has 0 aliphatic carbocycles. The molecule has 2 heterocycles. The average molecular weight is 335 g/mol. The molecule has 0 saturated carbocycles. The molecule has 112 valence electrons. The molecule has 0 aliphatic heterocycles. The molecule has 0 aliphatic rings. The Morgan fingerprint density at radius 1 is 1.30 bits per heavy atom. The first kappa shape index (κ1) is 17.6. The molecule has 0 aromatic carbocycles. The van der Waals surface area contributed by atoms with Crippen LogP contribution in [0.15, 0.2) is 18.5 Å². The minimum absolute atomic E-state index is 0.458. The molecule has 3 nitrogen and oxygen atoms in total. The van der Waals surface area contributed by atoms with Gasteiger partial charge in [0.1, 0.15) is 0 Å². The molecule has 6 heteroatoms. The van der Waals surface area contributed by atoms with Crippen LogP contribution < -0.4 is 0 Å². The lowest BCUT2D eigenvalue weighted by atomic mass is 10.3. The SMILES string of the molecule is COCc1cn2cc(Cl)cc(Cl)c2n1.CSC(C)(C)C.